The van der Waals surface area contributed by atoms with Crippen LogP contribution in [0, 0.1) is 0 Å². The van der Waals surface area contributed by atoms with E-state index in [1.807, 2.05) is 0 Å². The Morgan fingerprint density at radius 1 is 1.80 bits per heavy atom. The molecule has 4 nitrogen and oxygen atoms in total. The van der Waals surface area contributed by atoms with Crippen molar-refractivity contribution in [2.45, 2.75) is 25.6 Å². The number of carbonyl (C=O) groups excluding carboxylic acids is 1. The van der Waals surface area contributed by atoms with Gasteiger partial charge in [-0.25, -0.2) is 4.21 Å². The second-order valence-corrected chi connectivity index (χ2v) is 2.99. The lowest BCUT2D eigenvalue weighted by Crippen LogP contribution is -2.35. The van der Waals surface area contributed by atoms with Gasteiger partial charge < -0.3 is 9.87 Å². The fourth-order valence-electron chi connectivity index (χ4n) is 0.522. The molecular formula is C5H11NO3S. The highest BCUT2D eigenvalue weighted by atomic mass is 32.2. The topological polar surface area (TPSA) is 66.4 Å². The van der Waals surface area contributed by atoms with Gasteiger partial charge in [-0.3, -0.25) is 4.79 Å². The van der Waals surface area contributed by atoms with Crippen LogP contribution >= 0.6 is 0 Å². The smallest absolute Gasteiger partial charge is 0.217 e. The van der Waals surface area contributed by atoms with Crippen molar-refractivity contribution in [1.82, 2.24) is 5.32 Å². The molecule has 0 bridgehead atoms. The van der Waals surface area contributed by atoms with Crippen LogP contribution in [-0.2, 0) is 15.9 Å². The molecule has 5 heteroatoms. The fraction of sp³-hybridized carbons (Fsp3) is 0.800. The largest absolute Gasteiger partial charge is 0.340 e. The van der Waals surface area contributed by atoms with Gasteiger partial charge in [0, 0.05) is 6.92 Å². The summed E-state index contributed by atoms with van der Waals surface area (Å²) in [5, 5.41) is 1.71. The van der Waals surface area contributed by atoms with Crippen molar-refractivity contribution in [3.8, 4) is 0 Å². The van der Waals surface area contributed by atoms with E-state index >= 15 is 0 Å². The van der Waals surface area contributed by atoms with Crippen LogP contribution in [0.3, 0.4) is 0 Å². The molecule has 2 unspecified atom stereocenters. The molecule has 60 valence electrons. The summed E-state index contributed by atoms with van der Waals surface area (Å²) in [7, 11) is 0. The van der Waals surface area contributed by atoms with Crippen LogP contribution in [0.4, 0.5) is 0 Å². The van der Waals surface area contributed by atoms with E-state index in [1.165, 1.54) is 6.92 Å². The van der Waals surface area contributed by atoms with Gasteiger partial charge in [-0.15, -0.1) is 0 Å². The van der Waals surface area contributed by atoms with E-state index in [-0.39, 0.29) is 5.91 Å². The fourth-order valence-corrected chi connectivity index (χ4v) is 1.07. The number of amides is 1. The molecule has 0 aliphatic carbocycles. The second kappa shape index (κ2) is 4.40. The molecule has 0 saturated carbocycles. The predicted octanol–water partition coefficient (Wildman–Crippen LogP) is 0.0803. The summed E-state index contributed by atoms with van der Waals surface area (Å²) >= 11 is -1.96. The third kappa shape index (κ3) is 3.58. The molecule has 2 atom stereocenters. The molecule has 0 aliphatic rings. The number of rotatable bonds is 3. The molecule has 0 saturated heterocycles. The summed E-state index contributed by atoms with van der Waals surface area (Å²) in [4.78, 5) is 10.4. The number of hydrogen-bond acceptors (Lipinski definition) is 2. The average molecular weight is 165 g/mol. The van der Waals surface area contributed by atoms with E-state index in [1.54, 1.807) is 6.92 Å². The van der Waals surface area contributed by atoms with Crippen LogP contribution in [0.25, 0.3) is 0 Å². The van der Waals surface area contributed by atoms with Crippen molar-refractivity contribution >= 4 is 17.0 Å². The standard InChI is InChI=1S/C5H11NO3S/c1-3-5(10(8)9)6-4(2)7/h5H,3H2,1-2H3,(H,6,7)(H,8,9). The summed E-state index contributed by atoms with van der Waals surface area (Å²) in [6, 6.07) is 0. The van der Waals surface area contributed by atoms with E-state index in [0.717, 1.165) is 0 Å². The molecule has 0 radical (unpaired) electrons. The highest BCUT2D eigenvalue weighted by Gasteiger charge is 2.11. The van der Waals surface area contributed by atoms with E-state index in [0.29, 0.717) is 6.42 Å². The first-order valence-electron chi connectivity index (χ1n) is 2.94. The van der Waals surface area contributed by atoms with E-state index < -0.39 is 16.5 Å². The molecule has 0 fully saturated rings. The highest BCUT2D eigenvalue weighted by Crippen LogP contribution is 1.93. The Morgan fingerprint density at radius 2 is 2.30 bits per heavy atom. The first kappa shape index (κ1) is 9.58. The quantitative estimate of drug-likeness (QED) is 0.582. The van der Waals surface area contributed by atoms with Crippen molar-refractivity contribution in [3.63, 3.8) is 0 Å². The maximum absolute atomic E-state index is 10.4. The van der Waals surface area contributed by atoms with Gasteiger partial charge in [0.1, 0.15) is 5.37 Å². The predicted molar refractivity (Wildman–Crippen MR) is 38.7 cm³/mol. The molecule has 0 aromatic carbocycles. The van der Waals surface area contributed by atoms with Crippen molar-refractivity contribution in [1.29, 1.82) is 0 Å². The van der Waals surface area contributed by atoms with Crippen LogP contribution < -0.4 is 5.32 Å². The minimum absolute atomic E-state index is 0.283. The van der Waals surface area contributed by atoms with Gasteiger partial charge in [-0.05, 0) is 6.42 Å². The lowest BCUT2D eigenvalue weighted by molar-refractivity contribution is -0.119. The molecule has 10 heavy (non-hydrogen) atoms. The van der Waals surface area contributed by atoms with E-state index in [9.17, 15) is 9.00 Å². The Hall–Kier alpha value is -0.420. The second-order valence-electron chi connectivity index (χ2n) is 1.87. The number of carbonyl (C=O) groups is 1. The molecule has 0 aliphatic heterocycles. The molecule has 0 heterocycles. The molecule has 0 aromatic heterocycles. The highest BCUT2D eigenvalue weighted by molar-refractivity contribution is 7.79. The van der Waals surface area contributed by atoms with Gasteiger partial charge in [-0.2, -0.15) is 0 Å². The number of hydrogen-bond donors (Lipinski definition) is 2. The minimum Gasteiger partial charge on any atom is -0.340 e. The molecule has 0 aromatic rings. The molecule has 1 amide bonds. The zero-order chi connectivity index (χ0) is 8.15. The van der Waals surface area contributed by atoms with Crippen molar-refractivity contribution in [2.75, 3.05) is 0 Å². The van der Waals surface area contributed by atoms with Crippen LogP contribution in [0.1, 0.15) is 20.3 Å². The summed E-state index contributed by atoms with van der Waals surface area (Å²) in [5.74, 6) is -0.283. The Bertz CT molecular complexity index is 148. The first-order valence-corrected chi connectivity index (χ1v) is 4.11. The summed E-state index contributed by atoms with van der Waals surface area (Å²) in [6.45, 7) is 3.05. The Morgan fingerprint density at radius 3 is 2.40 bits per heavy atom. The lowest BCUT2D eigenvalue weighted by Gasteiger charge is -2.09. The van der Waals surface area contributed by atoms with Gasteiger partial charge in [0.2, 0.25) is 5.91 Å². The van der Waals surface area contributed by atoms with Gasteiger partial charge in [0.05, 0.1) is 0 Å². The van der Waals surface area contributed by atoms with E-state index in [2.05, 4.69) is 5.32 Å². The maximum atomic E-state index is 10.4. The van der Waals surface area contributed by atoms with Crippen LogP contribution in [0.15, 0.2) is 0 Å². The lowest BCUT2D eigenvalue weighted by atomic mass is 10.5. The zero-order valence-corrected chi connectivity index (χ0v) is 6.77. The van der Waals surface area contributed by atoms with E-state index in [4.69, 9.17) is 4.55 Å². The summed E-state index contributed by atoms with van der Waals surface area (Å²) < 4.78 is 18.9. The summed E-state index contributed by atoms with van der Waals surface area (Å²) in [6.07, 6.45) is 0.461. The maximum Gasteiger partial charge on any atom is 0.217 e. The number of nitrogens with one attached hydrogen (secondary N) is 1. The first-order chi connectivity index (χ1) is 4.57. The normalized spacial score (nSPS) is 15.9. The Balaban J connectivity index is 3.83. The van der Waals surface area contributed by atoms with Crippen molar-refractivity contribution in [2.24, 2.45) is 0 Å². The van der Waals surface area contributed by atoms with Gasteiger partial charge in [0.15, 0.2) is 11.1 Å². The van der Waals surface area contributed by atoms with Gasteiger partial charge in [-0.1, -0.05) is 6.92 Å². The third-order valence-corrected chi connectivity index (χ3v) is 1.92. The molecule has 0 spiro atoms. The SMILES string of the molecule is CCC(NC(C)=O)S(=O)O. The minimum atomic E-state index is -1.96. The third-order valence-electron chi connectivity index (χ3n) is 0.978. The monoisotopic (exact) mass is 165 g/mol. The Labute approximate surface area is 62.3 Å². The zero-order valence-electron chi connectivity index (χ0n) is 5.96. The molecule has 2 N–H and O–H groups in total. The Kier molecular flexibility index (Phi) is 4.22. The summed E-state index contributed by atoms with van der Waals surface area (Å²) in [5.41, 5.74) is 0. The van der Waals surface area contributed by atoms with Crippen LogP contribution in [0.2, 0.25) is 0 Å². The average Bonchev–Trinajstić information content (AvgIpc) is 1.81. The van der Waals surface area contributed by atoms with Gasteiger partial charge >= 0.3 is 0 Å². The van der Waals surface area contributed by atoms with Gasteiger partial charge in [0.25, 0.3) is 0 Å². The van der Waals surface area contributed by atoms with Crippen LogP contribution in [0.5, 0.6) is 0 Å². The molecular weight excluding hydrogens is 154 g/mol. The molecule has 0 rings (SSSR count). The van der Waals surface area contributed by atoms with Crippen molar-refractivity contribution in [3.05, 3.63) is 0 Å². The van der Waals surface area contributed by atoms with Crippen molar-refractivity contribution < 1.29 is 13.6 Å². The van der Waals surface area contributed by atoms with Crippen LogP contribution in [-0.4, -0.2) is 20.0 Å².